The van der Waals surface area contributed by atoms with Gasteiger partial charge in [0.25, 0.3) is 10.1 Å². The van der Waals surface area contributed by atoms with Gasteiger partial charge in [0.1, 0.15) is 6.04 Å². The molecule has 0 rings (SSSR count). The van der Waals surface area contributed by atoms with Crippen LogP contribution < -0.4 is 5.32 Å². The summed E-state index contributed by atoms with van der Waals surface area (Å²) >= 11 is 0. The van der Waals surface area contributed by atoms with Crippen molar-refractivity contribution >= 4 is 16.1 Å². The third-order valence-corrected chi connectivity index (χ3v) is 2.68. The number of aliphatic carboxylic acids is 1. The molecule has 7 heteroatoms. The van der Waals surface area contributed by atoms with Gasteiger partial charge in [0.2, 0.25) is 0 Å². The number of nitrogens with one attached hydrogen (secondary N) is 1. The zero-order valence-electron chi connectivity index (χ0n) is 8.80. The normalized spacial score (nSPS) is 14.1. The second-order valence-corrected chi connectivity index (χ2v) is 5.23. The molecule has 3 N–H and O–H groups in total. The Labute approximate surface area is 89.4 Å². The Kier molecular flexibility index (Phi) is 5.77. The van der Waals surface area contributed by atoms with Crippen molar-refractivity contribution in [3.05, 3.63) is 0 Å². The van der Waals surface area contributed by atoms with Crippen molar-refractivity contribution in [2.45, 2.75) is 26.3 Å². The lowest BCUT2D eigenvalue weighted by molar-refractivity contribution is -0.140. The van der Waals surface area contributed by atoms with Crippen molar-refractivity contribution in [3.8, 4) is 0 Å². The zero-order valence-corrected chi connectivity index (χ0v) is 9.62. The van der Waals surface area contributed by atoms with Gasteiger partial charge in [0.15, 0.2) is 0 Å². The van der Waals surface area contributed by atoms with Gasteiger partial charge in [0, 0.05) is 0 Å². The van der Waals surface area contributed by atoms with Crippen LogP contribution in [0.1, 0.15) is 20.3 Å². The largest absolute Gasteiger partial charge is 0.480 e. The smallest absolute Gasteiger partial charge is 0.320 e. The Bertz CT molecular complexity index is 298. The molecule has 0 saturated carbocycles. The van der Waals surface area contributed by atoms with Crippen LogP contribution in [0.25, 0.3) is 0 Å². The minimum Gasteiger partial charge on any atom is -0.480 e. The van der Waals surface area contributed by atoms with Gasteiger partial charge < -0.3 is 10.4 Å². The molecule has 15 heavy (non-hydrogen) atoms. The van der Waals surface area contributed by atoms with Gasteiger partial charge in [-0.15, -0.1) is 0 Å². The van der Waals surface area contributed by atoms with E-state index in [-0.39, 0.29) is 24.6 Å². The number of carboxylic acids is 1. The minimum atomic E-state index is -3.95. The number of rotatable bonds is 7. The first-order chi connectivity index (χ1) is 6.74. The van der Waals surface area contributed by atoms with Gasteiger partial charge >= 0.3 is 5.97 Å². The van der Waals surface area contributed by atoms with Crippen molar-refractivity contribution in [2.75, 3.05) is 12.3 Å². The number of hydrogen-bond acceptors (Lipinski definition) is 4. The Hall–Kier alpha value is -0.660. The molecule has 0 aromatic rings. The highest BCUT2D eigenvalue weighted by atomic mass is 32.2. The summed E-state index contributed by atoms with van der Waals surface area (Å²) in [6.45, 7) is 3.76. The van der Waals surface area contributed by atoms with Gasteiger partial charge in [0.05, 0.1) is 5.75 Å². The predicted octanol–water partition coefficient (Wildman–Crippen LogP) is -0.0369. The fourth-order valence-electron chi connectivity index (χ4n) is 1.12. The van der Waals surface area contributed by atoms with Crippen molar-refractivity contribution < 1.29 is 22.9 Å². The maximum atomic E-state index is 10.7. The average Bonchev–Trinajstić information content (AvgIpc) is 2.00. The fourth-order valence-corrected chi connectivity index (χ4v) is 1.63. The number of hydrogen-bond donors (Lipinski definition) is 3. The highest BCUT2D eigenvalue weighted by Gasteiger charge is 2.20. The molecule has 6 nitrogen and oxygen atoms in total. The molecular formula is C8H17NO5S. The summed E-state index contributed by atoms with van der Waals surface area (Å²) in [5, 5.41) is 11.5. The van der Waals surface area contributed by atoms with Crippen LogP contribution in [0.3, 0.4) is 0 Å². The fraction of sp³-hybridized carbons (Fsp3) is 0.875. The summed E-state index contributed by atoms with van der Waals surface area (Å²) in [6.07, 6.45) is 0.190. The van der Waals surface area contributed by atoms with E-state index in [1.54, 1.807) is 13.8 Å². The standard InChI is InChI=1S/C8H17NO5S/c1-6(2)7(8(10)11)9-4-3-5-15(12,13)14/h6-7,9H,3-5H2,1-2H3,(H,10,11)(H,12,13,14)/t7-/m0/s1. The molecular weight excluding hydrogens is 222 g/mol. The summed E-state index contributed by atoms with van der Waals surface area (Å²) in [4.78, 5) is 10.7. The van der Waals surface area contributed by atoms with Gasteiger partial charge in [-0.1, -0.05) is 13.8 Å². The lowest BCUT2D eigenvalue weighted by Crippen LogP contribution is -2.41. The second-order valence-electron chi connectivity index (χ2n) is 3.65. The first-order valence-corrected chi connectivity index (χ1v) is 6.26. The van der Waals surface area contributed by atoms with Crippen LogP contribution in [-0.4, -0.2) is 42.4 Å². The highest BCUT2D eigenvalue weighted by molar-refractivity contribution is 7.85. The van der Waals surface area contributed by atoms with Crippen molar-refractivity contribution in [2.24, 2.45) is 5.92 Å². The van der Waals surface area contributed by atoms with Crippen LogP contribution in [0.2, 0.25) is 0 Å². The lowest BCUT2D eigenvalue weighted by atomic mass is 10.1. The first kappa shape index (κ1) is 14.3. The average molecular weight is 239 g/mol. The van der Waals surface area contributed by atoms with E-state index in [4.69, 9.17) is 9.66 Å². The minimum absolute atomic E-state index is 0.0757. The second kappa shape index (κ2) is 6.04. The van der Waals surface area contributed by atoms with Crippen LogP contribution in [-0.2, 0) is 14.9 Å². The van der Waals surface area contributed by atoms with Crippen LogP contribution in [0.4, 0.5) is 0 Å². The van der Waals surface area contributed by atoms with Crippen molar-refractivity contribution in [3.63, 3.8) is 0 Å². The van der Waals surface area contributed by atoms with E-state index in [1.165, 1.54) is 0 Å². The summed E-state index contributed by atoms with van der Waals surface area (Å²) in [5.41, 5.74) is 0. The molecule has 0 saturated heterocycles. The number of carboxylic acid groups (broad SMARTS) is 1. The Balaban J connectivity index is 3.88. The van der Waals surface area contributed by atoms with E-state index in [9.17, 15) is 13.2 Å². The van der Waals surface area contributed by atoms with Gasteiger partial charge in [-0.3, -0.25) is 9.35 Å². The quantitative estimate of drug-likeness (QED) is 0.425. The maximum absolute atomic E-state index is 10.7. The molecule has 0 aliphatic carbocycles. The van der Waals surface area contributed by atoms with Crippen LogP contribution in [0.15, 0.2) is 0 Å². The van der Waals surface area contributed by atoms with E-state index < -0.39 is 22.1 Å². The molecule has 0 bridgehead atoms. The molecule has 0 radical (unpaired) electrons. The molecule has 0 aliphatic rings. The highest BCUT2D eigenvalue weighted by Crippen LogP contribution is 2.01. The summed E-state index contributed by atoms with van der Waals surface area (Å²) in [7, 11) is -3.95. The Morgan fingerprint density at radius 2 is 1.93 bits per heavy atom. The SMILES string of the molecule is CC(C)[C@H](NCCCS(=O)(=O)O)C(=O)O. The number of carbonyl (C=O) groups is 1. The van der Waals surface area contributed by atoms with Gasteiger partial charge in [-0.05, 0) is 18.9 Å². The van der Waals surface area contributed by atoms with E-state index in [1.807, 2.05) is 0 Å². The van der Waals surface area contributed by atoms with Crippen LogP contribution in [0, 0.1) is 5.92 Å². The zero-order chi connectivity index (χ0) is 12.1. The topological polar surface area (TPSA) is 104 Å². The summed E-state index contributed by atoms with van der Waals surface area (Å²) in [5.74, 6) is -1.39. The molecule has 0 fully saturated rings. The summed E-state index contributed by atoms with van der Waals surface area (Å²) < 4.78 is 29.1. The van der Waals surface area contributed by atoms with E-state index >= 15 is 0 Å². The predicted molar refractivity (Wildman–Crippen MR) is 55.3 cm³/mol. The Morgan fingerprint density at radius 1 is 1.40 bits per heavy atom. The Morgan fingerprint density at radius 3 is 2.27 bits per heavy atom. The molecule has 0 amide bonds. The molecule has 0 aliphatic heterocycles. The molecule has 0 spiro atoms. The van der Waals surface area contributed by atoms with Crippen LogP contribution in [0.5, 0.6) is 0 Å². The molecule has 0 aromatic carbocycles. The summed E-state index contributed by atoms with van der Waals surface area (Å²) in [6, 6.07) is -0.689. The van der Waals surface area contributed by atoms with Crippen molar-refractivity contribution in [1.29, 1.82) is 0 Å². The third-order valence-electron chi connectivity index (χ3n) is 1.88. The molecule has 0 aromatic heterocycles. The molecule has 90 valence electrons. The third kappa shape index (κ3) is 7.29. The van der Waals surface area contributed by atoms with E-state index in [2.05, 4.69) is 5.32 Å². The van der Waals surface area contributed by atoms with Crippen molar-refractivity contribution in [1.82, 2.24) is 5.32 Å². The maximum Gasteiger partial charge on any atom is 0.320 e. The molecule has 1 atom stereocenters. The van der Waals surface area contributed by atoms with Gasteiger partial charge in [-0.25, -0.2) is 0 Å². The molecule has 0 heterocycles. The monoisotopic (exact) mass is 239 g/mol. The van der Waals surface area contributed by atoms with Crippen LogP contribution >= 0.6 is 0 Å². The lowest BCUT2D eigenvalue weighted by Gasteiger charge is -2.17. The van der Waals surface area contributed by atoms with E-state index in [0.717, 1.165) is 0 Å². The molecule has 0 unspecified atom stereocenters. The van der Waals surface area contributed by atoms with E-state index in [0.29, 0.717) is 0 Å². The first-order valence-electron chi connectivity index (χ1n) is 4.65. The van der Waals surface area contributed by atoms with Gasteiger partial charge in [-0.2, -0.15) is 8.42 Å².